The maximum atomic E-state index is 11.4. The van der Waals surface area contributed by atoms with Crippen LogP contribution >= 0.6 is 0 Å². The van der Waals surface area contributed by atoms with E-state index in [0.29, 0.717) is 6.42 Å². The summed E-state index contributed by atoms with van der Waals surface area (Å²) < 4.78 is 0. The summed E-state index contributed by atoms with van der Waals surface area (Å²) in [5, 5.41) is 9.25. The first-order valence-electron chi connectivity index (χ1n) is 4.71. The molecule has 0 aromatic heterocycles. The van der Waals surface area contributed by atoms with Crippen LogP contribution in [0.4, 0.5) is 0 Å². The molecule has 1 N–H and O–H groups in total. The van der Waals surface area contributed by atoms with Gasteiger partial charge in [0.2, 0.25) is 0 Å². The Hall–Kier alpha value is -1.41. The van der Waals surface area contributed by atoms with Crippen molar-refractivity contribution in [3.05, 3.63) is 47.5 Å². The van der Waals surface area contributed by atoms with Gasteiger partial charge in [-0.25, -0.2) is 0 Å². The van der Waals surface area contributed by atoms with Gasteiger partial charge in [0.05, 0.1) is 6.10 Å². The zero-order valence-corrected chi connectivity index (χ0v) is 7.81. The van der Waals surface area contributed by atoms with E-state index >= 15 is 0 Å². The Morgan fingerprint density at radius 2 is 2.00 bits per heavy atom. The minimum Gasteiger partial charge on any atom is -0.389 e. The molecule has 0 fully saturated rings. The molecule has 1 aromatic rings. The monoisotopic (exact) mass is 188 g/mol. The number of aliphatic hydroxyl groups is 1. The fourth-order valence-electron chi connectivity index (χ4n) is 1.68. The van der Waals surface area contributed by atoms with Crippen LogP contribution in [-0.4, -0.2) is 17.0 Å². The highest BCUT2D eigenvalue weighted by molar-refractivity contribution is 5.98. The van der Waals surface area contributed by atoms with Crippen molar-refractivity contribution in [1.82, 2.24) is 0 Å². The van der Waals surface area contributed by atoms with Crippen molar-refractivity contribution >= 4 is 5.78 Å². The number of ketones is 1. The summed E-state index contributed by atoms with van der Waals surface area (Å²) in [6.07, 6.45) is 1.98. The van der Waals surface area contributed by atoms with Crippen LogP contribution < -0.4 is 0 Å². The number of rotatable bonds is 2. The van der Waals surface area contributed by atoms with E-state index in [-0.39, 0.29) is 12.2 Å². The van der Waals surface area contributed by atoms with Gasteiger partial charge in [0, 0.05) is 12.8 Å². The van der Waals surface area contributed by atoms with Gasteiger partial charge < -0.3 is 5.11 Å². The van der Waals surface area contributed by atoms with Crippen molar-refractivity contribution in [3.63, 3.8) is 0 Å². The second-order valence-electron chi connectivity index (χ2n) is 3.55. The second kappa shape index (κ2) is 3.76. The number of hydrogen-bond acceptors (Lipinski definition) is 2. The van der Waals surface area contributed by atoms with Crippen molar-refractivity contribution < 1.29 is 9.90 Å². The summed E-state index contributed by atoms with van der Waals surface area (Å²) in [7, 11) is 0. The van der Waals surface area contributed by atoms with E-state index in [1.165, 1.54) is 0 Å². The van der Waals surface area contributed by atoms with E-state index in [0.717, 1.165) is 11.1 Å². The number of allylic oxidation sites excluding steroid dienone is 1. The minimum absolute atomic E-state index is 0.0707. The summed E-state index contributed by atoms with van der Waals surface area (Å²) in [5.41, 5.74) is 1.85. The summed E-state index contributed by atoms with van der Waals surface area (Å²) >= 11 is 0. The molecule has 0 saturated heterocycles. The molecule has 1 atom stereocenters. The second-order valence-corrected chi connectivity index (χ2v) is 3.55. The molecule has 0 aliphatic heterocycles. The summed E-state index contributed by atoms with van der Waals surface area (Å²) in [4.78, 5) is 11.4. The fourth-order valence-corrected chi connectivity index (χ4v) is 1.68. The third-order valence-corrected chi connectivity index (χ3v) is 2.38. The van der Waals surface area contributed by atoms with E-state index in [9.17, 15) is 9.90 Å². The van der Waals surface area contributed by atoms with Gasteiger partial charge >= 0.3 is 0 Å². The Bertz CT molecular complexity index is 365. The number of carbonyl (C=O) groups is 1. The predicted octanol–water partition coefficient (Wildman–Crippen LogP) is 1.49. The Morgan fingerprint density at radius 3 is 2.57 bits per heavy atom. The van der Waals surface area contributed by atoms with Gasteiger partial charge in [-0.3, -0.25) is 4.79 Å². The average molecular weight is 188 g/mol. The van der Waals surface area contributed by atoms with Crippen LogP contribution in [0, 0.1) is 0 Å². The summed E-state index contributed by atoms with van der Waals surface area (Å²) in [6.45, 7) is 0. The number of hydrogen-bond donors (Lipinski definition) is 1. The molecule has 0 heterocycles. The Kier molecular flexibility index (Phi) is 2.46. The van der Waals surface area contributed by atoms with Gasteiger partial charge in [-0.05, 0) is 17.2 Å². The van der Waals surface area contributed by atoms with Crippen LogP contribution in [0.2, 0.25) is 0 Å². The summed E-state index contributed by atoms with van der Waals surface area (Å²) in [6, 6.07) is 9.82. The molecular formula is C12H12O2. The SMILES string of the molecule is O=C1CC(O)C=C1Cc1ccccc1. The highest BCUT2D eigenvalue weighted by Gasteiger charge is 2.21. The van der Waals surface area contributed by atoms with Gasteiger partial charge in [0.25, 0.3) is 0 Å². The molecule has 0 amide bonds. The molecular weight excluding hydrogens is 176 g/mol. The molecule has 0 bridgehead atoms. The minimum atomic E-state index is -0.568. The zero-order chi connectivity index (χ0) is 9.97. The molecule has 0 spiro atoms. The first kappa shape index (κ1) is 9.16. The summed E-state index contributed by atoms with van der Waals surface area (Å²) in [5.74, 6) is 0.0707. The lowest BCUT2D eigenvalue weighted by atomic mass is 10.0. The molecule has 2 heteroatoms. The maximum Gasteiger partial charge on any atom is 0.161 e. The lowest BCUT2D eigenvalue weighted by Crippen LogP contribution is -2.02. The van der Waals surface area contributed by atoms with Crippen molar-refractivity contribution in [2.45, 2.75) is 18.9 Å². The third-order valence-electron chi connectivity index (χ3n) is 2.38. The molecule has 0 saturated carbocycles. The predicted molar refractivity (Wildman–Crippen MR) is 53.9 cm³/mol. The van der Waals surface area contributed by atoms with Crippen LogP contribution in [0.15, 0.2) is 42.0 Å². The lowest BCUT2D eigenvalue weighted by Gasteiger charge is -1.99. The normalized spacial score (nSPS) is 21.1. The van der Waals surface area contributed by atoms with E-state index in [4.69, 9.17) is 0 Å². The Balaban J connectivity index is 2.12. The van der Waals surface area contributed by atoms with Crippen molar-refractivity contribution in [1.29, 1.82) is 0 Å². The standard InChI is InChI=1S/C12H12O2/c13-11-7-10(12(14)8-11)6-9-4-2-1-3-5-9/h1-5,7,11,13H,6,8H2. The molecule has 0 radical (unpaired) electrons. The van der Waals surface area contributed by atoms with Crippen LogP contribution in [0.3, 0.4) is 0 Å². The zero-order valence-electron chi connectivity index (χ0n) is 7.81. The molecule has 1 aliphatic rings. The molecule has 2 nitrogen and oxygen atoms in total. The van der Waals surface area contributed by atoms with Gasteiger partial charge in [0.1, 0.15) is 0 Å². The van der Waals surface area contributed by atoms with Crippen LogP contribution in [-0.2, 0) is 11.2 Å². The van der Waals surface area contributed by atoms with Crippen molar-refractivity contribution in [3.8, 4) is 0 Å². The third kappa shape index (κ3) is 1.91. The van der Waals surface area contributed by atoms with Crippen molar-refractivity contribution in [2.24, 2.45) is 0 Å². The molecule has 14 heavy (non-hydrogen) atoms. The first-order chi connectivity index (χ1) is 6.75. The van der Waals surface area contributed by atoms with E-state index < -0.39 is 6.10 Å². The topological polar surface area (TPSA) is 37.3 Å². The Morgan fingerprint density at radius 1 is 1.29 bits per heavy atom. The van der Waals surface area contributed by atoms with Crippen LogP contribution in [0.5, 0.6) is 0 Å². The maximum absolute atomic E-state index is 11.4. The molecule has 2 rings (SSSR count). The smallest absolute Gasteiger partial charge is 0.161 e. The number of benzene rings is 1. The van der Waals surface area contributed by atoms with E-state index in [1.807, 2.05) is 30.3 Å². The van der Waals surface area contributed by atoms with Crippen LogP contribution in [0.1, 0.15) is 12.0 Å². The number of Topliss-reactive ketones (excluding diaryl/α,β-unsaturated/α-hetero) is 1. The highest BCUT2D eigenvalue weighted by Crippen LogP contribution is 2.18. The van der Waals surface area contributed by atoms with Gasteiger partial charge in [-0.15, -0.1) is 0 Å². The first-order valence-corrected chi connectivity index (χ1v) is 4.71. The van der Waals surface area contributed by atoms with Crippen LogP contribution in [0.25, 0.3) is 0 Å². The van der Waals surface area contributed by atoms with Gasteiger partial charge in [-0.1, -0.05) is 30.3 Å². The average Bonchev–Trinajstić information content (AvgIpc) is 2.47. The highest BCUT2D eigenvalue weighted by atomic mass is 16.3. The number of carbonyl (C=O) groups excluding carboxylic acids is 1. The van der Waals surface area contributed by atoms with Gasteiger partial charge in [-0.2, -0.15) is 0 Å². The molecule has 72 valence electrons. The molecule has 1 aliphatic carbocycles. The van der Waals surface area contributed by atoms with Gasteiger partial charge in [0.15, 0.2) is 5.78 Å². The van der Waals surface area contributed by atoms with E-state index in [1.54, 1.807) is 6.08 Å². The Labute approximate surface area is 82.9 Å². The van der Waals surface area contributed by atoms with E-state index in [2.05, 4.69) is 0 Å². The fraction of sp³-hybridized carbons (Fsp3) is 0.250. The molecule has 1 unspecified atom stereocenters. The largest absolute Gasteiger partial charge is 0.389 e. The molecule has 1 aromatic carbocycles. The quantitative estimate of drug-likeness (QED) is 0.763. The lowest BCUT2D eigenvalue weighted by molar-refractivity contribution is -0.115. The van der Waals surface area contributed by atoms with Crippen molar-refractivity contribution in [2.75, 3.05) is 0 Å². The number of aliphatic hydroxyl groups excluding tert-OH is 1.